The molecule has 0 aromatic carbocycles. The van der Waals surface area contributed by atoms with Crippen LogP contribution >= 0.6 is 11.8 Å². The van der Waals surface area contributed by atoms with Crippen LogP contribution < -0.4 is 5.56 Å². The van der Waals surface area contributed by atoms with Crippen LogP contribution in [0, 0.1) is 5.41 Å². The maximum atomic E-state index is 11.2. The third kappa shape index (κ3) is 3.33. The van der Waals surface area contributed by atoms with Crippen LogP contribution in [0.5, 0.6) is 0 Å². The molecule has 0 amide bonds. The van der Waals surface area contributed by atoms with Crippen LogP contribution in [-0.4, -0.2) is 28.8 Å². The summed E-state index contributed by atoms with van der Waals surface area (Å²) in [4.78, 5) is 28.8. The van der Waals surface area contributed by atoms with Crippen LogP contribution in [0.3, 0.4) is 0 Å². The van der Waals surface area contributed by atoms with Crippen LogP contribution in [0.15, 0.2) is 22.2 Å². The third-order valence-electron chi connectivity index (χ3n) is 2.88. The topological polar surface area (TPSA) is 72.1 Å². The SMILES string of the molecule is COC(=O)CC1(CSc2cc(=O)[nH]cn2)CC1. The summed E-state index contributed by atoms with van der Waals surface area (Å²) in [5, 5.41) is 0.699. The van der Waals surface area contributed by atoms with Crippen molar-refractivity contribution in [1.82, 2.24) is 9.97 Å². The van der Waals surface area contributed by atoms with E-state index in [1.165, 1.54) is 31.3 Å². The predicted octanol–water partition coefficient (Wildman–Crippen LogP) is 1.21. The van der Waals surface area contributed by atoms with E-state index in [4.69, 9.17) is 0 Å². The molecule has 17 heavy (non-hydrogen) atoms. The fourth-order valence-corrected chi connectivity index (χ4v) is 2.75. The molecule has 92 valence electrons. The van der Waals surface area contributed by atoms with E-state index in [0.717, 1.165) is 18.6 Å². The van der Waals surface area contributed by atoms with Gasteiger partial charge in [-0.05, 0) is 18.3 Å². The van der Waals surface area contributed by atoms with Crippen LogP contribution in [0.2, 0.25) is 0 Å². The highest BCUT2D eigenvalue weighted by molar-refractivity contribution is 7.99. The number of ether oxygens (including phenoxy) is 1. The quantitative estimate of drug-likeness (QED) is 0.485. The molecule has 1 fully saturated rings. The van der Waals surface area contributed by atoms with Gasteiger partial charge in [-0.3, -0.25) is 9.59 Å². The van der Waals surface area contributed by atoms with E-state index < -0.39 is 0 Å². The lowest BCUT2D eigenvalue weighted by Gasteiger charge is -2.12. The van der Waals surface area contributed by atoms with Crippen molar-refractivity contribution in [3.05, 3.63) is 22.7 Å². The lowest BCUT2D eigenvalue weighted by atomic mass is 10.1. The molecule has 0 atom stereocenters. The van der Waals surface area contributed by atoms with Crippen molar-refractivity contribution in [3.8, 4) is 0 Å². The molecule has 0 radical (unpaired) electrons. The minimum atomic E-state index is -0.165. The summed E-state index contributed by atoms with van der Waals surface area (Å²) in [5.74, 6) is 0.639. The molecule has 2 rings (SSSR count). The van der Waals surface area contributed by atoms with Gasteiger partial charge in [0, 0.05) is 11.8 Å². The van der Waals surface area contributed by atoms with Gasteiger partial charge in [-0.1, -0.05) is 0 Å². The number of esters is 1. The summed E-state index contributed by atoms with van der Waals surface area (Å²) in [6.07, 6.45) is 3.93. The standard InChI is InChI=1S/C11H14N2O3S/c1-16-10(15)5-11(2-3-11)6-17-9-4-8(14)12-7-13-9/h4,7H,2-3,5-6H2,1H3,(H,12,13,14). The highest BCUT2D eigenvalue weighted by Crippen LogP contribution is 2.51. The number of methoxy groups -OCH3 is 1. The number of carbonyl (C=O) groups is 1. The number of hydrogen-bond acceptors (Lipinski definition) is 5. The Morgan fingerprint density at radius 3 is 3.00 bits per heavy atom. The highest BCUT2D eigenvalue weighted by atomic mass is 32.2. The number of thioether (sulfide) groups is 1. The second kappa shape index (κ2) is 4.91. The Kier molecular flexibility index (Phi) is 3.51. The zero-order valence-corrected chi connectivity index (χ0v) is 10.4. The molecular formula is C11H14N2O3S. The van der Waals surface area contributed by atoms with Gasteiger partial charge in [0.15, 0.2) is 0 Å². The summed E-state index contributed by atoms with van der Waals surface area (Å²) in [6.45, 7) is 0. The lowest BCUT2D eigenvalue weighted by Crippen LogP contribution is -2.13. The highest BCUT2D eigenvalue weighted by Gasteiger charge is 2.44. The molecule has 5 nitrogen and oxygen atoms in total. The van der Waals surface area contributed by atoms with E-state index >= 15 is 0 Å². The minimum Gasteiger partial charge on any atom is -0.469 e. The zero-order chi connectivity index (χ0) is 12.3. The number of carbonyl (C=O) groups excluding carboxylic acids is 1. The molecule has 0 aliphatic heterocycles. The molecule has 0 unspecified atom stereocenters. The Hall–Kier alpha value is -1.30. The first-order valence-electron chi connectivity index (χ1n) is 5.38. The van der Waals surface area contributed by atoms with E-state index in [1.807, 2.05) is 0 Å². The predicted molar refractivity (Wildman–Crippen MR) is 63.9 cm³/mol. The summed E-state index contributed by atoms with van der Waals surface area (Å²) >= 11 is 1.52. The molecule has 1 heterocycles. The molecule has 1 aromatic heterocycles. The van der Waals surface area contributed by atoms with E-state index in [9.17, 15) is 9.59 Å². The molecule has 0 bridgehead atoms. The minimum absolute atomic E-state index is 0.0576. The molecule has 1 aromatic rings. The lowest BCUT2D eigenvalue weighted by molar-refractivity contribution is -0.141. The summed E-state index contributed by atoms with van der Waals surface area (Å²) in [6, 6.07) is 1.47. The van der Waals surface area contributed by atoms with Crippen molar-refractivity contribution in [2.24, 2.45) is 5.41 Å². The monoisotopic (exact) mass is 254 g/mol. The average molecular weight is 254 g/mol. The van der Waals surface area contributed by atoms with Crippen molar-refractivity contribution in [3.63, 3.8) is 0 Å². The molecular weight excluding hydrogens is 240 g/mol. The van der Waals surface area contributed by atoms with Gasteiger partial charge in [0.05, 0.1) is 19.9 Å². The van der Waals surface area contributed by atoms with Gasteiger partial charge in [-0.2, -0.15) is 0 Å². The zero-order valence-electron chi connectivity index (χ0n) is 9.56. The number of H-pyrrole nitrogens is 1. The second-order valence-corrected chi connectivity index (χ2v) is 5.29. The molecule has 1 saturated carbocycles. The van der Waals surface area contributed by atoms with E-state index in [-0.39, 0.29) is 16.9 Å². The van der Waals surface area contributed by atoms with Crippen molar-refractivity contribution < 1.29 is 9.53 Å². The van der Waals surface area contributed by atoms with Crippen LogP contribution in [0.25, 0.3) is 0 Å². The summed E-state index contributed by atoms with van der Waals surface area (Å²) < 4.78 is 4.68. The average Bonchev–Trinajstić information content (AvgIpc) is 3.07. The number of hydrogen-bond donors (Lipinski definition) is 1. The van der Waals surface area contributed by atoms with Gasteiger partial charge in [0.25, 0.3) is 5.56 Å². The largest absolute Gasteiger partial charge is 0.469 e. The number of aromatic amines is 1. The number of rotatable bonds is 5. The number of aromatic nitrogens is 2. The van der Waals surface area contributed by atoms with Gasteiger partial charge in [0.2, 0.25) is 0 Å². The van der Waals surface area contributed by atoms with Gasteiger partial charge in [-0.25, -0.2) is 4.98 Å². The van der Waals surface area contributed by atoms with Crippen LogP contribution in [-0.2, 0) is 9.53 Å². The first-order valence-corrected chi connectivity index (χ1v) is 6.36. The Balaban J connectivity index is 1.90. The Morgan fingerprint density at radius 1 is 1.65 bits per heavy atom. The van der Waals surface area contributed by atoms with Crippen molar-refractivity contribution in [1.29, 1.82) is 0 Å². The van der Waals surface area contributed by atoms with E-state index in [2.05, 4.69) is 14.7 Å². The van der Waals surface area contributed by atoms with Gasteiger partial charge in [-0.15, -0.1) is 11.8 Å². The van der Waals surface area contributed by atoms with Crippen molar-refractivity contribution in [2.75, 3.05) is 12.9 Å². The van der Waals surface area contributed by atoms with Crippen molar-refractivity contribution >= 4 is 17.7 Å². The first-order chi connectivity index (χ1) is 8.13. The van der Waals surface area contributed by atoms with Crippen LogP contribution in [0.4, 0.5) is 0 Å². The molecule has 0 saturated heterocycles. The van der Waals surface area contributed by atoms with E-state index in [0.29, 0.717) is 11.4 Å². The summed E-state index contributed by atoms with van der Waals surface area (Å²) in [7, 11) is 1.41. The molecule has 6 heteroatoms. The van der Waals surface area contributed by atoms with Crippen LogP contribution in [0.1, 0.15) is 19.3 Å². The Labute approximate surface area is 103 Å². The first kappa shape index (κ1) is 12.2. The third-order valence-corrected chi connectivity index (χ3v) is 4.16. The maximum absolute atomic E-state index is 11.2. The molecule has 1 N–H and O–H groups in total. The second-order valence-electron chi connectivity index (χ2n) is 4.29. The van der Waals surface area contributed by atoms with Gasteiger partial charge < -0.3 is 9.72 Å². The smallest absolute Gasteiger partial charge is 0.306 e. The number of nitrogens with zero attached hydrogens (tertiary/aromatic N) is 1. The number of nitrogens with one attached hydrogen (secondary N) is 1. The summed E-state index contributed by atoms with van der Waals surface area (Å²) in [5.41, 5.74) is -0.0949. The maximum Gasteiger partial charge on any atom is 0.306 e. The molecule has 0 spiro atoms. The van der Waals surface area contributed by atoms with Gasteiger partial charge >= 0.3 is 5.97 Å². The van der Waals surface area contributed by atoms with Crippen molar-refractivity contribution in [2.45, 2.75) is 24.3 Å². The normalized spacial score (nSPS) is 16.5. The fraction of sp³-hybridized carbons (Fsp3) is 0.545. The molecule has 1 aliphatic carbocycles. The molecule has 1 aliphatic rings. The Morgan fingerprint density at radius 2 is 2.41 bits per heavy atom. The van der Waals surface area contributed by atoms with E-state index in [1.54, 1.807) is 0 Å². The Bertz CT molecular complexity index is 468. The van der Waals surface area contributed by atoms with Gasteiger partial charge in [0.1, 0.15) is 5.03 Å². The fourth-order valence-electron chi connectivity index (χ4n) is 1.58.